The van der Waals surface area contributed by atoms with Gasteiger partial charge in [-0.15, -0.1) is 0 Å². The Morgan fingerprint density at radius 3 is 2.30 bits per heavy atom. The lowest BCUT2D eigenvalue weighted by Crippen LogP contribution is -2.18. The molecule has 3 aromatic rings. The van der Waals surface area contributed by atoms with Crippen LogP contribution in [0.3, 0.4) is 0 Å². The summed E-state index contributed by atoms with van der Waals surface area (Å²) in [5.41, 5.74) is 8.09. The van der Waals surface area contributed by atoms with Crippen LogP contribution in [0.1, 0.15) is 11.1 Å². The summed E-state index contributed by atoms with van der Waals surface area (Å²) in [7, 11) is -0.786. The lowest BCUT2D eigenvalue weighted by Gasteiger charge is -2.20. The van der Waals surface area contributed by atoms with Crippen LogP contribution in [0.5, 0.6) is 11.5 Å². The average Bonchev–Trinajstić information content (AvgIpc) is 2.80. The summed E-state index contributed by atoms with van der Waals surface area (Å²) in [5, 5.41) is 2.80. The Morgan fingerprint density at radius 2 is 1.67 bits per heavy atom. The van der Waals surface area contributed by atoms with E-state index in [-0.39, 0.29) is 16.6 Å². The van der Waals surface area contributed by atoms with Crippen molar-refractivity contribution >= 4 is 45.0 Å². The number of carbonyl (C=O) groups excluding carboxylic acids is 1. The van der Waals surface area contributed by atoms with Gasteiger partial charge in [-0.1, -0.05) is 30.0 Å². The number of fused-ring (bicyclic) bond motifs is 1. The van der Waals surface area contributed by atoms with Gasteiger partial charge in [-0.2, -0.15) is 0 Å². The molecule has 4 rings (SSSR count). The highest BCUT2D eigenvalue weighted by atomic mass is 32.2. The molecule has 9 heteroatoms. The van der Waals surface area contributed by atoms with Gasteiger partial charge < -0.3 is 20.5 Å². The van der Waals surface area contributed by atoms with Gasteiger partial charge in [-0.25, -0.2) is 8.42 Å². The van der Waals surface area contributed by atoms with Crippen LogP contribution >= 0.6 is 11.8 Å². The molecule has 0 saturated heterocycles. The molecular formula is C24H22N2O5S2. The number of hydrogen-bond donors (Lipinski definition) is 2. The van der Waals surface area contributed by atoms with Gasteiger partial charge in [0.25, 0.3) is 5.91 Å². The summed E-state index contributed by atoms with van der Waals surface area (Å²) in [4.78, 5) is 14.0. The smallest absolute Gasteiger partial charge is 0.262 e. The van der Waals surface area contributed by atoms with E-state index in [2.05, 4.69) is 5.32 Å². The molecule has 1 amide bonds. The van der Waals surface area contributed by atoms with Crippen molar-refractivity contribution in [1.29, 1.82) is 0 Å². The molecule has 0 radical (unpaired) electrons. The lowest BCUT2D eigenvalue weighted by molar-refractivity contribution is -0.112. The first-order valence-electron chi connectivity index (χ1n) is 9.94. The molecule has 170 valence electrons. The van der Waals surface area contributed by atoms with E-state index in [0.717, 1.165) is 10.5 Å². The topological polar surface area (TPSA) is 108 Å². The number of nitrogens with one attached hydrogen (secondary N) is 1. The third kappa shape index (κ3) is 4.84. The third-order valence-electron chi connectivity index (χ3n) is 5.10. The van der Waals surface area contributed by atoms with Crippen LogP contribution in [-0.2, 0) is 20.4 Å². The third-order valence-corrected chi connectivity index (χ3v) is 7.84. The molecular weight excluding hydrogens is 460 g/mol. The standard InChI is InChI=1S/C24H22N2O5S2/c1-30-20-4-3-5-21(31-2)18(20)14-33(28,29)17-10-11-22-19(13-17)26-24(27)23(32-22)12-15-6-8-16(25)9-7-15/h3-13H,14,25H2,1-2H3,(H,26,27)/b23-12+. The van der Waals surface area contributed by atoms with Crippen molar-refractivity contribution in [2.75, 3.05) is 25.3 Å². The number of thioether (sulfide) groups is 1. The summed E-state index contributed by atoms with van der Waals surface area (Å²) in [5.74, 6) is 0.252. The van der Waals surface area contributed by atoms with Gasteiger partial charge in [0.05, 0.1) is 41.0 Å². The number of nitrogen functional groups attached to an aromatic ring is 1. The minimum atomic E-state index is -3.74. The molecule has 0 aliphatic carbocycles. The number of benzene rings is 3. The van der Waals surface area contributed by atoms with Crippen molar-refractivity contribution in [1.82, 2.24) is 0 Å². The van der Waals surface area contributed by atoms with Gasteiger partial charge in [0.1, 0.15) is 11.5 Å². The second-order valence-electron chi connectivity index (χ2n) is 7.29. The van der Waals surface area contributed by atoms with E-state index < -0.39 is 9.84 Å². The van der Waals surface area contributed by atoms with Crippen molar-refractivity contribution in [2.24, 2.45) is 0 Å². The van der Waals surface area contributed by atoms with E-state index >= 15 is 0 Å². The molecule has 1 aliphatic rings. The highest BCUT2D eigenvalue weighted by Crippen LogP contribution is 2.41. The summed E-state index contributed by atoms with van der Waals surface area (Å²) in [6.45, 7) is 0. The predicted molar refractivity (Wildman–Crippen MR) is 130 cm³/mol. The molecule has 3 N–H and O–H groups in total. The second-order valence-corrected chi connectivity index (χ2v) is 10.4. The normalized spacial score (nSPS) is 14.5. The molecule has 0 spiro atoms. The largest absolute Gasteiger partial charge is 0.496 e. The van der Waals surface area contributed by atoms with Gasteiger partial charge >= 0.3 is 0 Å². The van der Waals surface area contributed by atoms with Crippen LogP contribution in [0.25, 0.3) is 6.08 Å². The first-order valence-corrected chi connectivity index (χ1v) is 12.4. The minimum absolute atomic E-state index is 0.0982. The molecule has 0 bridgehead atoms. The zero-order valence-corrected chi connectivity index (χ0v) is 19.6. The van der Waals surface area contributed by atoms with Gasteiger partial charge in [0.15, 0.2) is 9.84 Å². The fourth-order valence-corrected chi connectivity index (χ4v) is 5.76. The number of anilines is 2. The van der Waals surface area contributed by atoms with E-state index in [1.165, 1.54) is 32.0 Å². The maximum atomic E-state index is 13.2. The van der Waals surface area contributed by atoms with Crippen LogP contribution in [0.4, 0.5) is 11.4 Å². The number of nitrogens with two attached hydrogens (primary N) is 1. The summed E-state index contributed by atoms with van der Waals surface area (Å²) >= 11 is 1.28. The molecule has 0 saturated carbocycles. The monoisotopic (exact) mass is 482 g/mol. The highest BCUT2D eigenvalue weighted by molar-refractivity contribution is 8.04. The Labute approximate surface area is 196 Å². The van der Waals surface area contributed by atoms with Crippen molar-refractivity contribution in [3.05, 3.63) is 76.7 Å². The Morgan fingerprint density at radius 1 is 1.00 bits per heavy atom. The summed E-state index contributed by atoms with van der Waals surface area (Å²) in [6.07, 6.45) is 1.76. The zero-order chi connectivity index (χ0) is 23.6. The average molecular weight is 483 g/mol. The molecule has 0 aromatic heterocycles. The van der Waals surface area contributed by atoms with E-state index in [1.807, 2.05) is 12.1 Å². The number of amides is 1. The Bertz CT molecular complexity index is 1330. The predicted octanol–water partition coefficient (Wildman–Crippen LogP) is 4.35. The molecule has 33 heavy (non-hydrogen) atoms. The summed E-state index contributed by atoms with van der Waals surface area (Å²) < 4.78 is 37.0. The highest BCUT2D eigenvalue weighted by Gasteiger charge is 2.26. The van der Waals surface area contributed by atoms with Gasteiger partial charge in [-0.05, 0) is 54.1 Å². The first kappa shape index (κ1) is 22.8. The van der Waals surface area contributed by atoms with E-state index in [9.17, 15) is 13.2 Å². The van der Waals surface area contributed by atoms with Crippen LogP contribution in [0, 0.1) is 0 Å². The van der Waals surface area contributed by atoms with Crippen molar-refractivity contribution in [3.63, 3.8) is 0 Å². The maximum Gasteiger partial charge on any atom is 0.262 e. The fourth-order valence-electron chi connectivity index (χ4n) is 3.42. The van der Waals surface area contributed by atoms with Crippen LogP contribution in [0.15, 0.2) is 75.4 Å². The van der Waals surface area contributed by atoms with Crippen LogP contribution in [0.2, 0.25) is 0 Å². The number of ether oxygens (including phenoxy) is 2. The number of carbonyl (C=O) groups is 1. The first-order chi connectivity index (χ1) is 15.8. The summed E-state index contributed by atoms with van der Waals surface area (Å²) in [6, 6.07) is 17.0. The SMILES string of the molecule is COc1cccc(OC)c1CS(=O)(=O)c1ccc2c(c1)NC(=O)/C(=C\c1ccc(N)cc1)S2. The molecule has 3 aromatic carbocycles. The number of methoxy groups -OCH3 is 2. The maximum absolute atomic E-state index is 13.2. The van der Waals surface area contributed by atoms with Crippen LogP contribution in [-0.4, -0.2) is 28.5 Å². The van der Waals surface area contributed by atoms with Crippen molar-refractivity contribution in [2.45, 2.75) is 15.5 Å². The molecule has 0 fully saturated rings. The minimum Gasteiger partial charge on any atom is -0.496 e. The number of hydrogen-bond acceptors (Lipinski definition) is 7. The second kappa shape index (κ2) is 9.21. The van der Waals surface area contributed by atoms with E-state index in [1.54, 1.807) is 48.5 Å². The Kier molecular flexibility index (Phi) is 6.35. The Balaban J connectivity index is 1.63. The fraction of sp³-hybridized carbons (Fsp3) is 0.125. The zero-order valence-electron chi connectivity index (χ0n) is 18.0. The lowest BCUT2D eigenvalue weighted by atomic mass is 10.2. The quantitative estimate of drug-likeness (QED) is 0.397. The van der Waals surface area contributed by atoms with E-state index in [4.69, 9.17) is 15.2 Å². The number of rotatable bonds is 6. The molecule has 0 atom stereocenters. The van der Waals surface area contributed by atoms with Crippen molar-refractivity contribution < 1.29 is 22.7 Å². The van der Waals surface area contributed by atoms with Gasteiger partial charge in [0.2, 0.25) is 0 Å². The van der Waals surface area contributed by atoms with E-state index in [0.29, 0.717) is 33.3 Å². The molecule has 1 heterocycles. The van der Waals surface area contributed by atoms with Gasteiger partial charge in [0, 0.05) is 10.6 Å². The van der Waals surface area contributed by atoms with Crippen LogP contribution < -0.4 is 20.5 Å². The van der Waals surface area contributed by atoms with Crippen molar-refractivity contribution in [3.8, 4) is 11.5 Å². The Hall–Kier alpha value is -3.43. The molecule has 1 aliphatic heterocycles. The number of sulfone groups is 1. The molecule has 0 unspecified atom stereocenters. The van der Waals surface area contributed by atoms with Gasteiger partial charge in [-0.3, -0.25) is 4.79 Å². The molecule has 7 nitrogen and oxygen atoms in total.